The van der Waals surface area contributed by atoms with Crippen LogP contribution in [-0.2, 0) is 26.0 Å². The number of anilines is 1. The van der Waals surface area contributed by atoms with Gasteiger partial charge in [-0.3, -0.25) is 14.4 Å². The van der Waals surface area contributed by atoms with Crippen molar-refractivity contribution in [3.8, 4) is 16.9 Å². The number of hydrogen-bond donors (Lipinski definition) is 2. The Morgan fingerprint density at radius 1 is 1.07 bits per heavy atom. The fourth-order valence-corrected chi connectivity index (χ4v) is 10.9. The molecule has 12 nitrogen and oxygen atoms in total. The number of sulfone groups is 1. The molecule has 0 spiro atoms. The number of benzene rings is 3. The minimum Gasteiger partial charge on any atom is -0.496 e. The van der Waals surface area contributed by atoms with E-state index < -0.39 is 39.8 Å². The van der Waals surface area contributed by atoms with E-state index in [1.54, 1.807) is 61.6 Å². The van der Waals surface area contributed by atoms with Gasteiger partial charge >= 0.3 is 0 Å². The molecule has 4 fully saturated rings. The van der Waals surface area contributed by atoms with Crippen molar-refractivity contribution in [2.45, 2.75) is 70.2 Å². The second-order valence-corrected chi connectivity index (χ2v) is 19.7. The van der Waals surface area contributed by atoms with Crippen LogP contribution in [0, 0.1) is 35.0 Å². The predicted molar refractivity (Wildman–Crippen MR) is 228 cm³/mol. The molecule has 2 N–H and O–H groups in total. The number of nitrogens with zero attached hydrogens (tertiary/aromatic N) is 4. The van der Waals surface area contributed by atoms with Crippen LogP contribution in [0.1, 0.15) is 56.5 Å². The van der Waals surface area contributed by atoms with Crippen LogP contribution in [-0.4, -0.2) is 114 Å². The number of aliphatic imine (C=N–C) groups is 1. The smallest absolute Gasteiger partial charge is 0.265 e. The molecule has 2 amide bonds. The van der Waals surface area contributed by atoms with E-state index in [9.17, 15) is 23.1 Å². The molecule has 3 unspecified atom stereocenters. The lowest BCUT2D eigenvalue weighted by molar-refractivity contribution is -0.155. The predicted octanol–water partition coefficient (Wildman–Crippen LogP) is 5.59. The molecular weight excluding hydrogens is 755 g/mol. The summed E-state index contributed by atoms with van der Waals surface area (Å²) in [7, 11) is 5.34. The van der Waals surface area contributed by atoms with Crippen LogP contribution in [0.25, 0.3) is 11.1 Å². The van der Waals surface area contributed by atoms with Crippen molar-refractivity contribution in [3.63, 3.8) is 0 Å². The highest BCUT2D eigenvalue weighted by Gasteiger charge is 2.56. The first kappa shape index (κ1) is 43.4. The number of methoxy groups -OCH3 is 1. The van der Waals surface area contributed by atoms with Gasteiger partial charge in [-0.25, -0.2) is 13.4 Å². The van der Waals surface area contributed by atoms with E-state index in [1.807, 2.05) is 68.5 Å². The molecule has 3 aliphatic carbocycles. The van der Waals surface area contributed by atoms with Gasteiger partial charge in [0.25, 0.3) is 11.8 Å². The molecule has 1 saturated heterocycles. The fourth-order valence-electron chi connectivity index (χ4n) is 9.39. The molecule has 8 atom stereocenters. The quantitative estimate of drug-likeness (QED) is 0.187. The Labute approximate surface area is 344 Å². The van der Waals surface area contributed by atoms with E-state index in [0.717, 1.165) is 17.7 Å². The van der Waals surface area contributed by atoms with Gasteiger partial charge in [0.1, 0.15) is 11.8 Å². The first-order valence-electron chi connectivity index (χ1n) is 20.3. The number of hydrogen-bond acceptors (Lipinski definition) is 10. The molecule has 314 valence electrons. The molecule has 0 radical (unpaired) electrons. The Balaban J connectivity index is 1.25. The van der Waals surface area contributed by atoms with Crippen LogP contribution >= 0.6 is 0 Å². The molecule has 58 heavy (non-hydrogen) atoms. The standard InChI is InChI=1S/C45H61N5O7S/c1-28-33(19-34-22-40(28)45(34,3)4)23-46-44(53)41-39(29(2)51)26-57-50(41)24-30-14-13-17-38(42(30)56-9)31-18-32(21-36(20-31)49(7)8)43(52)47-35(25-48(5)6)27-58(54,55)37-15-11-10-12-16-37/h10-18,20-21,23,28-29,33-35,39-41,51H,19,22,24-27H2,1-9H3,(H,47,52)/t28-,29?,33?,34+,35-,39?,40+,41+/m1/s1. The van der Waals surface area contributed by atoms with Crippen LogP contribution in [0.3, 0.4) is 0 Å². The number of carbonyl (C=O) groups excluding carboxylic acids is 2. The Morgan fingerprint density at radius 2 is 1.79 bits per heavy atom. The van der Waals surface area contributed by atoms with E-state index in [-0.39, 0.29) is 35.6 Å². The van der Waals surface area contributed by atoms with Crippen molar-refractivity contribution in [2.24, 2.45) is 40.0 Å². The van der Waals surface area contributed by atoms with E-state index in [1.165, 1.54) is 6.42 Å². The fraction of sp³-hybridized carbons (Fsp3) is 0.533. The molecule has 1 heterocycles. The van der Waals surface area contributed by atoms with Crippen molar-refractivity contribution in [1.29, 1.82) is 0 Å². The highest BCUT2D eigenvalue weighted by molar-refractivity contribution is 7.91. The summed E-state index contributed by atoms with van der Waals surface area (Å²) in [6, 6.07) is 18.0. The molecule has 3 saturated carbocycles. The zero-order valence-corrected chi connectivity index (χ0v) is 36.2. The lowest BCUT2D eigenvalue weighted by Gasteiger charge is -2.61. The lowest BCUT2D eigenvalue weighted by atomic mass is 9.43. The van der Waals surface area contributed by atoms with E-state index in [4.69, 9.17) is 9.57 Å². The average Bonchev–Trinajstić information content (AvgIpc) is 3.60. The van der Waals surface area contributed by atoms with E-state index in [0.29, 0.717) is 52.2 Å². The molecule has 13 heteroatoms. The first-order valence-corrected chi connectivity index (χ1v) is 21.9. The van der Waals surface area contributed by atoms with Crippen LogP contribution in [0.5, 0.6) is 5.75 Å². The zero-order valence-electron chi connectivity index (χ0n) is 35.4. The normalized spacial score (nSPS) is 25.3. The van der Waals surface area contributed by atoms with Crippen molar-refractivity contribution in [3.05, 3.63) is 77.9 Å². The highest BCUT2D eigenvalue weighted by atomic mass is 32.2. The average molecular weight is 816 g/mol. The SMILES string of the molecule is COc1c(CN2OCC(C(C)O)[C@H]2C(=O)N=CC2C[C@H]3C[C@@H]([C@@H]2C)C3(C)C)cccc1-c1cc(C(=O)N[C@H](CN(C)C)CS(=O)(=O)c2ccccc2)cc(N(C)C)c1. The number of ether oxygens (including phenoxy) is 1. The monoisotopic (exact) mass is 815 g/mol. The van der Waals surface area contributed by atoms with Crippen molar-refractivity contribution < 1.29 is 32.7 Å². The molecule has 0 aromatic heterocycles. The van der Waals surface area contributed by atoms with Gasteiger partial charge in [0, 0.05) is 55.2 Å². The van der Waals surface area contributed by atoms with Crippen molar-refractivity contribution in [1.82, 2.24) is 15.3 Å². The summed E-state index contributed by atoms with van der Waals surface area (Å²) < 4.78 is 32.8. The summed E-state index contributed by atoms with van der Waals surface area (Å²) in [5, 5.41) is 15.4. The zero-order chi connectivity index (χ0) is 42.1. The van der Waals surface area contributed by atoms with E-state index >= 15 is 0 Å². The van der Waals surface area contributed by atoms with Gasteiger partial charge in [0.05, 0.1) is 43.1 Å². The third kappa shape index (κ3) is 9.18. The van der Waals surface area contributed by atoms with Gasteiger partial charge in [-0.15, -0.1) is 0 Å². The van der Waals surface area contributed by atoms with Crippen LogP contribution in [0.2, 0.25) is 0 Å². The van der Waals surface area contributed by atoms with Gasteiger partial charge in [-0.05, 0) is 98.8 Å². The Morgan fingerprint density at radius 3 is 2.41 bits per heavy atom. The minimum atomic E-state index is -3.69. The first-order chi connectivity index (χ1) is 27.4. The number of aliphatic hydroxyl groups is 1. The highest BCUT2D eigenvalue weighted by Crippen LogP contribution is 2.62. The van der Waals surface area contributed by atoms with E-state index in [2.05, 4.69) is 31.1 Å². The number of para-hydroxylation sites is 1. The Kier molecular flexibility index (Phi) is 13.2. The van der Waals surface area contributed by atoms with Crippen LogP contribution in [0.4, 0.5) is 5.69 Å². The molecule has 3 aromatic carbocycles. The Bertz CT molecular complexity index is 2090. The molecule has 4 aliphatic rings. The van der Waals surface area contributed by atoms with Crippen LogP contribution < -0.4 is 15.0 Å². The molecule has 2 bridgehead atoms. The number of hydroxylamine groups is 2. The minimum absolute atomic E-state index is 0.175. The second-order valence-electron chi connectivity index (χ2n) is 17.6. The number of fused-ring (bicyclic) bond motifs is 2. The lowest BCUT2D eigenvalue weighted by Crippen LogP contribution is -2.55. The topological polar surface area (TPSA) is 141 Å². The summed E-state index contributed by atoms with van der Waals surface area (Å²) >= 11 is 0. The summed E-state index contributed by atoms with van der Waals surface area (Å²) in [6.07, 6.45) is 3.34. The van der Waals surface area contributed by atoms with Gasteiger partial charge in [0.15, 0.2) is 9.84 Å². The Hall–Kier alpha value is -4.14. The summed E-state index contributed by atoms with van der Waals surface area (Å²) in [5.41, 5.74) is 3.62. The van der Waals surface area contributed by atoms with Crippen molar-refractivity contribution in [2.75, 3.05) is 59.1 Å². The molecule has 1 aliphatic heterocycles. The van der Waals surface area contributed by atoms with Crippen molar-refractivity contribution >= 4 is 33.6 Å². The number of aliphatic hydroxyl groups excluding tert-OH is 1. The number of carbonyl (C=O) groups is 2. The number of amides is 2. The molecule has 3 aromatic rings. The maximum atomic E-state index is 14.0. The van der Waals surface area contributed by atoms with Gasteiger partial charge in [-0.1, -0.05) is 57.2 Å². The number of likely N-dealkylation sites (N-methyl/N-ethyl adjacent to an activating group) is 1. The molecule has 7 rings (SSSR count). The summed E-state index contributed by atoms with van der Waals surface area (Å²) in [6.45, 7) is 9.34. The third-order valence-corrected chi connectivity index (χ3v) is 14.7. The second kappa shape index (κ2) is 17.6. The third-order valence-electron chi connectivity index (χ3n) is 12.9. The maximum absolute atomic E-state index is 14.0. The van der Waals surface area contributed by atoms with Crippen LogP contribution in [0.15, 0.2) is 76.6 Å². The number of rotatable bonds is 15. The maximum Gasteiger partial charge on any atom is 0.265 e. The molecular formula is C45H61N5O7S. The van der Waals surface area contributed by atoms with Gasteiger partial charge in [0.2, 0.25) is 0 Å². The summed E-state index contributed by atoms with van der Waals surface area (Å²) in [5.74, 6) is 1.03. The largest absolute Gasteiger partial charge is 0.496 e. The summed E-state index contributed by atoms with van der Waals surface area (Å²) in [4.78, 5) is 42.5. The number of nitrogens with one attached hydrogen (secondary N) is 1. The van der Waals surface area contributed by atoms with Gasteiger partial charge in [-0.2, -0.15) is 5.06 Å². The van der Waals surface area contributed by atoms with Gasteiger partial charge < -0.3 is 25.0 Å².